The molecule has 1 aromatic heterocycles. The van der Waals surface area contributed by atoms with Gasteiger partial charge in [0.25, 0.3) is 0 Å². The highest BCUT2D eigenvalue weighted by Crippen LogP contribution is 2.31. The van der Waals surface area contributed by atoms with Gasteiger partial charge in [-0.3, -0.25) is 0 Å². The lowest BCUT2D eigenvalue weighted by Gasteiger charge is -2.07. The van der Waals surface area contributed by atoms with E-state index in [9.17, 15) is 18.0 Å². The molecule has 0 atom stereocenters. The predicted molar refractivity (Wildman–Crippen MR) is 85.6 cm³/mol. The summed E-state index contributed by atoms with van der Waals surface area (Å²) in [4.78, 5) is 14.2. The third kappa shape index (κ3) is 3.68. The number of carbonyl (C=O) groups excluding carboxylic acids is 1. The van der Waals surface area contributed by atoms with Crippen LogP contribution in [0.2, 0.25) is 0 Å². The standard InChI is InChI=1S/C17H14F3N3O/c18-17(19,20)15-9-12-8-13(6-7-14(12)23-15)22-16(24)21-10-11-4-2-1-3-5-11/h1-9,23H,10H2,(H2,21,22,24). The van der Waals surface area contributed by atoms with Gasteiger partial charge in [0.2, 0.25) is 0 Å². The molecule has 1 heterocycles. The quantitative estimate of drug-likeness (QED) is 0.649. The molecule has 0 aliphatic carbocycles. The van der Waals surface area contributed by atoms with Crippen molar-refractivity contribution in [2.45, 2.75) is 12.7 Å². The number of anilines is 1. The van der Waals surface area contributed by atoms with E-state index in [-0.39, 0.29) is 0 Å². The van der Waals surface area contributed by atoms with Crippen LogP contribution in [0, 0.1) is 0 Å². The largest absolute Gasteiger partial charge is 0.431 e. The van der Waals surface area contributed by atoms with Crippen molar-refractivity contribution in [2.24, 2.45) is 0 Å². The maximum atomic E-state index is 12.7. The zero-order chi connectivity index (χ0) is 17.2. The van der Waals surface area contributed by atoms with Gasteiger partial charge in [-0.15, -0.1) is 0 Å². The number of rotatable bonds is 3. The first-order valence-corrected chi connectivity index (χ1v) is 7.20. The van der Waals surface area contributed by atoms with Crippen LogP contribution in [0.1, 0.15) is 11.3 Å². The zero-order valence-electron chi connectivity index (χ0n) is 12.4. The summed E-state index contributed by atoms with van der Waals surface area (Å²) in [6.45, 7) is 0.358. The van der Waals surface area contributed by atoms with Crippen molar-refractivity contribution in [1.29, 1.82) is 0 Å². The topological polar surface area (TPSA) is 56.9 Å². The molecule has 0 radical (unpaired) electrons. The van der Waals surface area contributed by atoms with Crippen molar-refractivity contribution >= 4 is 22.6 Å². The normalized spacial score (nSPS) is 11.5. The zero-order valence-corrected chi connectivity index (χ0v) is 12.4. The number of H-pyrrole nitrogens is 1. The first kappa shape index (κ1) is 15.9. The molecule has 124 valence electrons. The van der Waals surface area contributed by atoms with Crippen LogP contribution in [-0.4, -0.2) is 11.0 Å². The molecular weight excluding hydrogens is 319 g/mol. The fourth-order valence-corrected chi connectivity index (χ4v) is 2.32. The number of amides is 2. The van der Waals surface area contributed by atoms with Crippen molar-refractivity contribution in [3.05, 3.63) is 65.9 Å². The average Bonchev–Trinajstić information content (AvgIpc) is 2.97. The summed E-state index contributed by atoms with van der Waals surface area (Å²) in [7, 11) is 0. The van der Waals surface area contributed by atoms with Gasteiger partial charge in [-0.1, -0.05) is 30.3 Å². The van der Waals surface area contributed by atoms with Gasteiger partial charge in [-0.25, -0.2) is 4.79 Å². The van der Waals surface area contributed by atoms with Crippen molar-refractivity contribution in [1.82, 2.24) is 10.3 Å². The number of benzene rings is 2. The summed E-state index contributed by atoms with van der Waals surface area (Å²) >= 11 is 0. The number of urea groups is 1. The fraction of sp³-hybridized carbons (Fsp3) is 0.118. The second-order valence-corrected chi connectivity index (χ2v) is 5.28. The number of aromatic nitrogens is 1. The van der Waals surface area contributed by atoms with E-state index in [2.05, 4.69) is 15.6 Å². The van der Waals surface area contributed by atoms with Crippen molar-refractivity contribution in [3.63, 3.8) is 0 Å². The lowest BCUT2D eigenvalue weighted by Crippen LogP contribution is -2.28. The van der Waals surface area contributed by atoms with Crippen LogP contribution in [0.3, 0.4) is 0 Å². The molecule has 0 fully saturated rings. The highest BCUT2D eigenvalue weighted by molar-refractivity contribution is 5.93. The highest BCUT2D eigenvalue weighted by Gasteiger charge is 2.32. The van der Waals surface area contributed by atoms with E-state index in [0.29, 0.717) is 23.1 Å². The predicted octanol–water partition coefficient (Wildman–Crippen LogP) is 4.51. The molecular formula is C17H14F3N3O. The average molecular weight is 333 g/mol. The summed E-state index contributed by atoms with van der Waals surface area (Å²) in [5.41, 5.74) is 0.907. The molecule has 3 aromatic rings. The minimum atomic E-state index is -4.43. The first-order chi connectivity index (χ1) is 11.4. The van der Waals surface area contributed by atoms with E-state index in [0.717, 1.165) is 11.6 Å². The molecule has 4 nitrogen and oxygen atoms in total. The second-order valence-electron chi connectivity index (χ2n) is 5.28. The molecule has 0 aliphatic heterocycles. The molecule has 7 heteroatoms. The van der Waals surface area contributed by atoms with Crippen LogP contribution in [0.4, 0.5) is 23.7 Å². The van der Waals surface area contributed by atoms with E-state index < -0.39 is 17.9 Å². The number of hydrogen-bond acceptors (Lipinski definition) is 1. The van der Waals surface area contributed by atoms with Crippen LogP contribution in [0.15, 0.2) is 54.6 Å². The summed E-state index contributed by atoms with van der Waals surface area (Å²) < 4.78 is 38.1. The van der Waals surface area contributed by atoms with E-state index >= 15 is 0 Å². The monoisotopic (exact) mass is 333 g/mol. The Hall–Kier alpha value is -2.96. The molecule has 0 unspecified atom stereocenters. The van der Waals surface area contributed by atoms with Gasteiger partial charge >= 0.3 is 12.2 Å². The van der Waals surface area contributed by atoms with Gasteiger partial charge in [0, 0.05) is 23.1 Å². The number of aromatic amines is 1. The second kappa shape index (κ2) is 6.27. The van der Waals surface area contributed by atoms with Gasteiger partial charge in [0.15, 0.2) is 0 Å². The summed E-state index contributed by atoms with van der Waals surface area (Å²) in [6.07, 6.45) is -4.43. The van der Waals surface area contributed by atoms with Crippen molar-refractivity contribution < 1.29 is 18.0 Å². The van der Waals surface area contributed by atoms with E-state index in [4.69, 9.17) is 0 Å². The molecule has 24 heavy (non-hydrogen) atoms. The Morgan fingerprint density at radius 1 is 1.04 bits per heavy atom. The molecule has 3 N–H and O–H groups in total. The van der Waals surface area contributed by atoms with Gasteiger partial charge in [0.05, 0.1) is 0 Å². The van der Waals surface area contributed by atoms with Gasteiger partial charge in [0.1, 0.15) is 5.69 Å². The minimum absolute atomic E-state index is 0.358. The third-order valence-corrected chi connectivity index (χ3v) is 3.48. The molecule has 0 saturated carbocycles. The summed E-state index contributed by atoms with van der Waals surface area (Å²) in [5.74, 6) is 0. The van der Waals surface area contributed by atoms with Gasteiger partial charge < -0.3 is 15.6 Å². The molecule has 0 saturated heterocycles. The number of alkyl halides is 3. The smallest absolute Gasteiger partial charge is 0.351 e. The van der Waals surface area contributed by atoms with E-state index in [1.54, 1.807) is 6.07 Å². The Balaban J connectivity index is 1.67. The Morgan fingerprint density at radius 3 is 2.50 bits per heavy atom. The molecule has 0 bridgehead atoms. The Morgan fingerprint density at radius 2 is 1.79 bits per heavy atom. The molecule has 2 amide bonds. The van der Waals surface area contributed by atoms with E-state index in [1.165, 1.54) is 12.1 Å². The minimum Gasteiger partial charge on any atom is -0.351 e. The van der Waals surface area contributed by atoms with Crippen LogP contribution in [-0.2, 0) is 12.7 Å². The van der Waals surface area contributed by atoms with Crippen molar-refractivity contribution in [2.75, 3.05) is 5.32 Å². The highest BCUT2D eigenvalue weighted by atomic mass is 19.4. The maximum absolute atomic E-state index is 12.7. The number of carbonyl (C=O) groups is 1. The lowest BCUT2D eigenvalue weighted by atomic mass is 10.2. The molecule has 3 rings (SSSR count). The number of nitrogens with one attached hydrogen (secondary N) is 3. The van der Waals surface area contributed by atoms with Crippen LogP contribution in [0.5, 0.6) is 0 Å². The molecule has 0 spiro atoms. The number of halogens is 3. The fourth-order valence-electron chi connectivity index (χ4n) is 2.32. The molecule has 2 aromatic carbocycles. The third-order valence-electron chi connectivity index (χ3n) is 3.48. The van der Waals surface area contributed by atoms with Crippen molar-refractivity contribution in [3.8, 4) is 0 Å². The Kier molecular flexibility index (Phi) is 4.16. The Labute approximate surface area is 135 Å². The van der Waals surface area contributed by atoms with Crippen LogP contribution < -0.4 is 10.6 Å². The van der Waals surface area contributed by atoms with E-state index in [1.807, 2.05) is 30.3 Å². The van der Waals surface area contributed by atoms with Gasteiger partial charge in [-0.05, 0) is 29.8 Å². The van der Waals surface area contributed by atoms with Crippen LogP contribution >= 0.6 is 0 Å². The SMILES string of the molecule is O=C(NCc1ccccc1)Nc1ccc2[nH]c(C(F)(F)F)cc2c1. The maximum Gasteiger partial charge on any atom is 0.431 e. The van der Waals surface area contributed by atoms with Gasteiger partial charge in [-0.2, -0.15) is 13.2 Å². The summed E-state index contributed by atoms with van der Waals surface area (Å²) in [5, 5.41) is 5.67. The lowest BCUT2D eigenvalue weighted by molar-refractivity contribution is -0.140. The number of fused-ring (bicyclic) bond motifs is 1. The first-order valence-electron chi connectivity index (χ1n) is 7.20. The molecule has 0 aliphatic rings. The van der Waals surface area contributed by atoms with Crippen LogP contribution in [0.25, 0.3) is 10.9 Å². The Bertz CT molecular complexity index is 856. The number of hydrogen-bond donors (Lipinski definition) is 3. The summed E-state index contributed by atoms with van der Waals surface area (Å²) in [6, 6.07) is 14.5.